The maximum atomic E-state index is 12.2. The predicted molar refractivity (Wildman–Crippen MR) is 90.4 cm³/mol. The van der Waals surface area contributed by atoms with Crippen LogP contribution in [0.1, 0.15) is 30.4 Å². The first-order chi connectivity index (χ1) is 10.2. The maximum absolute atomic E-state index is 12.2. The van der Waals surface area contributed by atoms with Gasteiger partial charge in [-0.1, -0.05) is 17.9 Å². The van der Waals surface area contributed by atoms with E-state index in [0.29, 0.717) is 18.9 Å². The highest BCUT2D eigenvalue weighted by Crippen LogP contribution is 2.26. The summed E-state index contributed by atoms with van der Waals surface area (Å²) in [5, 5.41) is 3.00. The van der Waals surface area contributed by atoms with Gasteiger partial charge in [0.25, 0.3) is 0 Å². The van der Waals surface area contributed by atoms with E-state index in [1.54, 1.807) is 0 Å². The van der Waals surface area contributed by atoms with E-state index >= 15 is 0 Å². The largest absolute Gasteiger partial charge is 0.325 e. The number of carbonyl (C=O) groups is 1. The van der Waals surface area contributed by atoms with Crippen molar-refractivity contribution < 1.29 is 4.79 Å². The van der Waals surface area contributed by atoms with Crippen molar-refractivity contribution in [1.82, 2.24) is 0 Å². The number of amides is 1. The summed E-state index contributed by atoms with van der Waals surface area (Å²) >= 11 is 1.98. The van der Waals surface area contributed by atoms with Gasteiger partial charge in [0.05, 0.1) is 12.2 Å². The Morgan fingerprint density at radius 1 is 1.43 bits per heavy atom. The minimum Gasteiger partial charge on any atom is -0.325 e. The molecule has 1 aromatic carbocycles. The molecule has 3 N–H and O–H groups in total. The van der Waals surface area contributed by atoms with Crippen molar-refractivity contribution in [3.8, 4) is 11.8 Å². The van der Waals surface area contributed by atoms with Gasteiger partial charge in [-0.25, -0.2) is 0 Å². The van der Waals surface area contributed by atoms with E-state index in [-0.39, 0.29) is 5.91 Å². The zero-order valence-corrected chi connectivity index (χ0v) is 13.3. The molecule has 1 heterocycles. The first-order valence-corrected chi connectivity index (χ1v) is 8.51. The molecule has 0 atom stereocenters. The summed E-state index contributed by atoms with van der Waals surface area (Å²) in [6.07, 6.45) is 2.90. The van der Waals surface area contributed by atoms with Crippen LogP contribution in [-0.4, -0.2) is 24.0 Å². The Bertz CT molecular complexity index is 554. The van der Waals surface area contributed by atoms with Crippen molar-refractivity contribution in [3.05, 3.63) is 29.3 Å². The molecule has 0 aromatic heterocycles. The van der Waals surface area contributed by atoms with E-state index in [1.807, 2.05) is 36.9 Å². The van der Waals surface area contributed by atoms with Gasteiger partial charge in [0.1, 0.15) is 0 Å². The molecule has 0 unspecified atom stereocenters. The highest BCUT2D eigenvalue weighted by molar-refractivity contribution is 7.99. The van der Waals surface area contributed by atoms with E-state index in [0.717, 1.165) is 29.7 Å². The lowest BCUT2D eigenvalue weighted by Gasteiger charge is -2.20. The van der Waals surface area contributed by atoms with Crippen LogP contribution in [0.15, 0.2) is 18.2 Å². The van der Waals surface area contributed by atoms with Crippen LogP contribution in [0.2, 0.25) is 0 Å². The lowest BCUT2D eigenvalue weighted by atomic mass is 9.98. The van der Waals surface area contributed by atoms with Crippen LogP contribution >= 0.6 is 11.8 Å². The van der Waals surface area contributed by atoms with Crippen LogP contribution in [0, 0.1) is 24.7 Å². The molecule has 112 valence electrons. The van der Waals surface area contributed by atoms with Crippen molar-refractivity contribution in [1.29, 1.82) is 0 Å². The highest BCUT2D eigenvalue weighted by Gasteiger charge is 2.17. The molecular formula is C17H22N2OS. The number of hydrogen-bond donors (Lipinski definition) is 2. The normalized spacial score (nSPS) is 15.1. The second kappa shape index (κ2) is 8.11. The summed E-state index contributed by atoms with van der Waals surface area (Å²) in [5.41, 5.74) is 8.18. The molecule has 3 nitrogen and oxygen atoms in total. The quantitative estimate of drug-likeness (QED) is 0.844. The van der Waals surface area contributed by atoms with Crippen molar-refractivity contribution in [2.24, 2.45) is 11.7 Å². The van der Waals surface area contributed by atoms with Gasteiger partial charge < -0.3 is 11.1 Å². The van der Waals surface area contributed by atoms with Gasteiger partial charge in [-0.2, -0.15) is 11.8 Å². The van der Waals surface area contributed by atoms with Crippen LogP contribution in [0.4, 0.5) is 5.69 Å². The Labute approximate surface area is 131 Å². The fraction of sp³-hybridized carbons (Fsp3) is 0.471. The van der Waals surface area contributed by atoms with Gasteiger partial charge in [-0.15, -0.1) is 0 Å². The molecule has 0 aliphatic carbocycles. The monoisotopic (exact) mass is 302 g/mol. The second-order valence-corrected chi connectivity index (χ2v) is 6.59. The molecule has 0 spiro atoms. The molecule has 1 aliphatic rings. The van der Waals surface area contributed by atoms with E-state index in [1.165, 1.54) is 11.5 Å². The molecule has 1 aromatic rings. The van der Waals surface area contributed by atoms with Crippen LogP contribution < -0.4 is 11.1 Å². The minimum atomic E-state index is 0.0894. The fourth-order valence-electron chi connectivity index (χ4n) is 2.43. The van der Waals surface area contributed by atoms with Gasteiger partial charge in [0.15, 0.2) is 0 Å². The van der Waals surface area contributed by atoms with E-state index in [2.05, 4.69) is 17.2 Å². The molecule has 1 saturated heterocycles. The smallest absolute Gasteiger partial charge is 0.224 e. The lowest BCUT2D eigenvalue weighted by Crippen LogP contribution is -2.20. The van der Waals surface area contributed by atoms with Crippen LogP contribution in [-0.2, 0) is 4.79 Å². The SMILES string of the molecule is Cc1ccc(NC(=O)CC2CCSCC2)c(C#CCN)c1. The Kier molecular flexibility index (Phi) is 6.16. The third-order valence-electron chi connectivity index (χ3n) is 3.59. The summed E-state index contributed by atoms with van der Waals surface area (Å²) < 4.78 is 0. The van der Waals surface area contributed by atoms with Gasteiger partial charge in [-0.3, -0.25) is 4.79 Å². The molecule has 0 bridgehead atoms. The molecule has 2 rings (SSSR count). The van der Waals surface area contributed by atoms with Crippen molar-refractivity contribution in [2.45, 2.75) is 26.2 Å². The first kappa shape index (κ1) is 15.9. The standard InChI is InChI=1S/C17H22N2OS/c1-13-4-5-16(15(11-13)3-2-8-18)19-17(20)12-14-6-9-21-10-7-14/h4-5,11,14H,6-10,12,18H2,1H3,(H,19,20). The molecule has 21 heavy (non-hydrogen) atoms. The Balaban J connectivity index is 2.02. The first-order valence-electron chi connectivity index (χ1n) is 7.36. The van der Waals surface area contributed by atoms with E-state index in [4.69, 9.17) is 5.73 Å². The molecule has 0 radical (unpaired) electrons. The molecule has 1 aliphatic heterocycles. The second-order valence-electron chi connectivity index (χ2n) is 5.36. The Hall–Kier alpha value is -1.44. The summed E-state index contributed by atoms with van der Waals surface area (Å²) in [6.45, 7) is 2.33. The molecule has 1 amide bonds. The average molecular weight is 302 g/mol. The van der Waals surface area contributed by atoms with Gasteiger partial charge in [-0.05, 0) is 54.9 Å². The number of anilines is 1. The number of hydrogen-bond acceptors (Lipinski definition) is 3. The number of rotatable bonds is 3. The zero-order chi connectivity index (χ0) is 15.1. The van der Waals surface area contributed by atoms with E-state index in [9.17, 15) is 4.79 Å². The van der Waals surface area contributed by atoms with Crippen LogP contribution in [0.5, 0.6) is 0 Å². The van der Waals surface area contributed by atoms with Crippen molar-refractivity contribution in [3.63, 3.8) is 0 Å². The summed E-state index contributed by atoms with van der Waals surface area (Å²) in [7, 11) is 0. The average Bonchev–Trinajstić information content (AvgIpc) is 2.48. The van der Waals surface area contributed by atoms with Crippen LogP contribution in [0.3, 0.4) is 0 Å². The van der Waals surface area contributed by atoms with Crippen molar-refractivity contribution >= 4 is 23.4 Å². The number of aryl methyl sites for hydroxylation is 1. The highest BCUT2D eigenvalue weighted by atomic mass is 32.2. The van der Waals surface area contributed by atoms with Gasteiger partial charge >= 0.3 is 0 Å². The number of benzene rings is 1. The van der Waals surface area contributed by atoms with E-state index < -0.39 is 0 Å². The molecule has 0 saturated carbocycles. The van der Waals surface area contributed by atoms with Crippen molar-refractivity contribution in [2.75, 3.05) is 23.4 Å². The number of nitrogens with one attached hydrogen (secondary N) is 1. The molecule has 1 fully saturated rings. The third-order valence-corrected chi connectivity index (χ3v) is 4.64. The summed E-state index contributed by atoms with van der Waals surface area (Å²) in [6, 6.07) is 5.89. The molecule has 4 heteroatoms. The Morgan fingerprint density at radius 2 is 2.19 bits per heavy atom. The third kappa shape index (κ3) is 5.11. The van der Waals surface area contributed by atoms with Gasteiger partial charge in [0.2, 0.25) is 5.91 Å². The minimum absolute atomic E-state index is 0.0894. The predicted octanol–water partition coefficient (Wildman–Crippen LogP) is 2.78. The lowest BCUT2D eigenvalue weighted by molar-refractivity contribution is -0.117. The number of nitrogens with two attached hydrogens (primary N) is 1. The van der Waals surface area contributed by atoms with Crippen LogP contribution in [0.25, 0.3) is 0 Å². The summed E-state index contributed by atoms with van der Waals surface area (Å²) in [5.74, 6) is 8.85. The number of thioether (sulfide) groups is 1. The zero-order valence-electron chi connectivity index (χ0n) is 12.4. The Morgan fingerprint density at radius 3 is 2.90 bits per heavy atom. The molecular weight excluding hydrogens is 280 g/mol. The fourth-order valence-corrected chi connectivity index (χ4v) is 3.63. The van der Waals surface area contributed by atoms with Gasteiger partial charge in [0, 0.05) is 12.0 Å². The summed E-state index contributed by atoms with van der Waals surface area (Å²) in [4.78, 5) is 12.2. The maximum Gasteiger partial charge on any atom is 0.224 e. The number of carbonyl (C=O) groups excluding carboxylic acids is 1. The topological polar surface area (TPSA) is 55.1 Å².